The van der Waals surface area contributed by atoms with Crippen molar-refractivity contribution in [2.24, 2.45) is 0 Å². The largest absolute Gasteiger partial charge is 0.144 e. The van der Waals surface area contributed by atoms with Crippen molar-refractivity contribution >= 4 is 64.4 Å². The molecule has 6 rings (SSSR count). The fourth-order valence-corrected chi connectivity index (χ4v) is 5.78. The van der Waals surface area contributed by atoms with Gasteiger partial charge < -0.3 is 0 Å². The predicted molar refractivity (Wildman–Crippen MR) is 122 cm³/mol. The van der Waals surface area contributed by atoms with Gasteiger partial charge in [0, 0.05) is 14.3 Å². The van der Waals surface area contributed by atoms with E-state index in [-0.39, 0.29) is 0 Å². The predicted octanol–water partition coefficient (Wildman–Crippen LogP) is 8.40. The molecule has 0 aliphatic carbocycles. The van der Waals surface area contributed by atoms with Crippen LogP contribution in [0.3, 0.4) is 0 Å². The second kappa shape index (κ2) is 5.66. The first kappa shape index (κ1) is 15.4. The summed E-state index contributed by atoms with van der Waals surface area (Å²) in [7, 11) is 0. The summed E-state index contributed by atoms with van der Waals surface area (Å²) < 4.78 is 2.72. The van der Waals surface area contributed by atoms with Gasteiger partial charge in [-0.15, -0.1) is 22.7 Å². The third-order valence-corrected chi connectivity index (χ3v) is 7.36. The molecule has 128 valence electrons. The highest BCUT2D eigenvalue weighted by Crippen LogP contribution is 2.37. The van der Waals surface area contributed by atoms with E-state index in [4.69, 9.17) is 0 Å². The van der Waals surface area contributed by atoms with Crippen molar-refractivity contribution in [2.75, 3.05) is 0 Å². The van der Waals surface area contributed by atoms with Gasteiger partial charge in [0.1, 0.15) is 0 Å². The SMILES string of the molecule is Cc1ccc(-c2cc3cc4cc5cc6sccc6cc5cc4cc3s2)cc1. The minimum Gasteiger partial charge on any atom is -0.144 e. The highest BCUT2D eigenvalue weighted by molar-refractivity contribution is 7.22. The number of fused-ring (bicyclic) bond motifs is 4. The third-order valence-electron chi connectivity index (χ3n) is 5.34. The van der Waals surface area contributed by atoms with Gasteiger partial charge in [-0.05, 0) is 98.7 Å². The zero-order chi connectivity index (χ0) is 18.0. The molecule has 0 saturated heterocycles. The van der Waals surface area contributed by atoms with Crippen LogP contribution in [0, 0.1) is 6.92 Å². The maximum Gasteiger partial charge on any atom is 0.0355 e. The summed E-state index contributed by atoms with van der Waals surface area (Å²) in [6.07, 6.45) is 0. The first-order chi connectivity index (χ1) is 13.2. The van der Waals surface area contributed by atoms with Crippen LogP contribution < -0.4 is 0 Å². The van der Waals surface area contributed by atoms with Crippen molar-refractivity contribution in [3.05, 3.63) is 83.7 Å². The zero-order valence-corrected chi connectivity index (χ0v) is 16.5. The molecule has 0 nitrogen and oxygen atoms in total. The normalized spacial score (nSPS) is 11.9. The Balaban J connectivity index is 1.59. The number of rotatable bonds is 1. The smallest absolute Gasteiger partial charge is 0.0355 e. The third kappa shape index (κ3) is 2.48. The second-order valence-corrected chi connectivity index (χ2v) is 9.26. The maximum atomic E-state index is 2.35. The fourth-order valence-electron chi connectivity index (χ4n) is 3.86. The molecule has 27 heavy (non-hydrogen) atoms. The summed E-state index contributed by atoms with van der Waals surface area (Å²) in [6.45, 7) is 2.14. The summed E-state index contributed by atoms with van der Waals surface area (Å²) in [6, 6.07) is 27.4. The van der Waals surface area contributed by atoms with Gasteiger partial charge in [-0.3, -0.25) is 0 Å². The molecule has 0 saturated carbocycles. The quantitative estimate of drug-likeness (QED) is 0.251. The molecule has 0 N–H and O–H groups in total. The fraction of sp³-hybridized carbons (Fsp3) is 0.0400. The van der Waals surface area contributed by atoms with Crippen LogP contribution in [0.5, 0.6) is 0 Å². The molecule has 0 aliphatic heterocycles. The Bertz CT molecular complexity index is 1380. The molecule has 0 radical (unpaired) electrons. The first-order valence-electron chi connectivity index (χ1n) is 9.08. The number of hydrogen-bond donors (Lipinski definition) is 0. The lowest BCUT2D eigenvalue weighted by Crippen LogP contribution is -1.77. The molecule has 2 heteroatoms. The van der Waals surface area contributed by atoms with Crippen LogP contribution in [0.1, 0.15) is 5.56 Å². The van der Waals surface area contributed by atoms with Crippen molar-refractivity contribution in [3.63, 3.8) is 0 Å². The number of thiophene rings is 2. The van der Waals surface area contributed by atoms with Crippen LogP contribution >= 0.6 is 22.7 Å². The Kier molecular flexibility index (Phi) is 3.22. The van der Waals surface area contributed by atoms with Crippen LogP contribution in [0.15, 0.2) is 78.2 Å². The van der Waals surface area contributed by atoms with Crippen LogP contribution in [-0.4, -0.2) is 0 Å². The van der Waals surface area contributed by atoms with Gasteiger partial charge in [-0.2, -0.15) is 0 Å². The Morgan fingerprint density at radius 3 is 1.96 bits per heavy atom. The zero-order valence-electron chi connectivity index (χ0n) is 14.8. The highest BCUT2D eigenvalue weighted by atomic mass is 32.1. The Hall–Kier alpha value is -2.68. The van der Waals surface area contributed by atoms with Crippen molar-refractivity contribution in [1.29, 1.82) is 0 Å². The van der Waals surface area contributed by atoms with Gasteiger partial charge in [-0.25, -0.2) is 0 Å². The van der Waals surface area contributed by atoms with Gasteiger partial charge in [0.25, 0.3) is 0 Å². The van der Waals surface area contributed by atoms with E-state index in [2.05, 4.69) is 85.1 Å². The van der Waals surface area contributed by atoms with Crippen molar-refractivity contribution in [2.45, 2.75) is 6.92 Å². The van der Waals surface area contributed by atoms with E-state index in [1.165, 1.54) is 57.7 Å². The standard InChI is InChI=1S/C25H16S2/c1-15-2-4-16(5-3-15)24-14-22-11-19-10-20-12-23-17(6-7-26-23)8-18(20)9-21(19)13-25(22)27-24/h2-14H,1H3. The van der Waals surface area contributed by atoms with Crippen molar-refractivity contribution in [1.82, 2.24) is 0 Å². The molecule has 0 unspecified atom stereocenters. The minimum atomic E-state index is 1.30. The van der Waals surface area contributed by atoms with Crippen LogP contribution in [0.2, 0.25) is 0 Å². The number of hydrogen-bond acceptors (Lipinski definition) is 2. The molecule has 0 spiro atoms. The second-order valence-electron chi connectivity index (χ2n) is 7.22. The summed E-state index contributed by atoms with van der Waals surface area (Å²) in [5.41, 5.74) is 2.61. The minimum absolute atomic E-state index is 1.30. The Morgan fingerprint density at radius 2 is 1.19 bits per heavy atom. The molecular weight excluding hydrogens is 364 g/mol. The van der Waals surface area contributed by atoms with E-state index in [0.717, 1.165) is 0 Å². The van der Waals surface area contributed by atoms with E-state index in [9.17, 15) is 0 Å². The average Bonchev–Trinajstić information content (AvgIpc) is 3.29. The van der Waals surface area contributed by atoms with Gasteiger partial charge in [0.05, 0.1) is 0 Å². The lowest BCUT2D eigenvalue weighted by molar-refractivity contribution is 1.48. The molecule has 2 aromatic heterocycles. The molecular formula is C25H16S2. The number of aryl methyl sites for hydroxylation is 1. The van der Waals surface area contributed by atoms with Crippen molar-refractivity contribution < 1.29 is 0 Å². The first-order valence-corrected chi connectivity index (χ1v) is 10.8. The van der Waals surface area contributed by atoms with E-state index in [0.29, 0.717) is 0 Å². The van der Waals surface area contributed by atoms with Gasteiger partial charge in [-0.1, -0.05) is 29.8 Å². The molecule has 0 fully saturated rings. The van der Waals surface area contributed by atoms with Crippen LogP contribution in [0.4, 0.5) is 0 Å². The molecule has 2 heterocycles. The molecule has 4 aromatic carbocycles. The Labute approximate surface area is 165 Å². The van der Waals surface area contributed by atoms with Crippen LogP contribution in [-0.2, 0) is 0 Å². The van der Waals surface area contributed by atoms with Gasteiger partial charge >= 0.3 is 0 Å². The topological polar surface area (TPSA) is 0 Å². The van der Waals surface area contributed by atoms with Gasteiger partial charge in [0.15, 0.2) is 0 Å². The van der Waals surface area contributed by atoms with Gasteiger partial charge in [0.2, 0.25) is 0 Å². The number of benzene rings is 4. The summed E-state index contributed by atoms with van der Waals surface area (Å²) in [5.74, 6) is 0. The Morgan fingerprint density at radius 1 is 0.556 bits per heavy atom. The summed E-state index contributed by atoms with van der Waals surface area (Å²) in [5, 5.41) is 10.1. The van der Waals surface area contributed by atoms with E-state index >= 15 is 0 Å². The molecule has 6 aromatic rings. The average molecular weight is 381 g/mol. The van der Waals surface area contributed by atoms with Crippen molar-refractivity contribution in [3.8, 4) is 10.4 Å². The van der Waals surface area contributed by atoms with E-state index in [1.54, 1.807) is 0 Å². The lowest BCUT2D eigenvalue weighted by atomic mass is 10.0. The molecule has 0 atom stereocenters. The molecule has 0 bridgehead atoms. The maximum absolute atomic E-state index is 2.35. The summed E-state index contributed by atoms with van der Waals surface area (Å²) >= 11 is 3.70. The summed E-state index contributed by atoms with van der Waals surface area (Å²) in [4.78, 5) is 1.34. The lowest BCUT2D eigenvalue weighted by Gasteiger charge is -2.04. The highest BCUT2D eigenvalue weighted by Gasteiger charge is 2.08. The van der Waals surface area contributed by atoms with E-state index in [1.807, 2.05) is 22.7 Å². The molecule has 0 amide bonds. The van der Waals surface area contributed by atoms with Crippen LogP contribution in [0.25, 0.3) is 52.2 Å². The van der Waals surface area contributed by atoms with E-state index < -0.39 is 0 Å². The molecule has 0 aliphatic rings. The monoisotopic (exact) mass is 380 g/mol.